The second kappa shape index (κ2) is 3.19. The van der Waals surface area contributed by atoms with Crippen molar-refractivity contribution in [2.24, 2.45) is 0 Å². The van der Waals surface area contributed by atoms with Gasteiger partial charge in [-0.1, -0.05) is 6.58 Å². The fraction of sp³-hybridized carbons (Fsp3) is 0. The summed E-state index contributed by atoms with van der Waals surface area (Å²) in [7, 11) is 0. The number of nitro benzene ring substituents is 1. The smallest absolute Gasteiger partial charge is 0.258 e. The van der Waals surface area contributed by atoms with Gasteiger partial charge in [0.25, 0.3) is 5.69 Å². The van der Waals surface area contributed by atoms with Gasteiger partial charge in [0.05, 0.1) is 15.1 Å². The van der Waals surface area contributed by atoms with Gasteiger partial charge in [0.2, 0.25) is 0 Å². The Kier molecular flexibility index (Phi) is 2.01. The lowest BCUT2D eigenvalue weighted by Crippen LogP contribution is -1.85. The van der Waals surface area contributed by atoms with Gasteiger partial charge in [0, 0.05) is 12.1 Å². The summed E-state index contributed by atoms with van der Waals surface area (Å²) in [5.41, 5.74) is 0.868. The molecule has 0 atom stereocenters. The number of nitro groups is 1. The van der Waals surface area contributed by atoms with Crippen molar-refractivity contribution in [2.45, 2.75) is 0 Å². The lowest BCUT2D eigenvalue weighted by Gasteiger charge is -1.88. The SMILES string of the molecule is C=Cc1nc2ccc([N+](=O)[O-])cc2s1. The Morgan fingerprint density at radius 3 is 3.00 bits per heavy atom. The zero-order valence-corrected chi connectivity index (χ0v) is 7.95. The third-order valence-corrected chi connectivity index (χ3v) is 2.79. The normalized spacial score (nSPS) is 10.3. The number of fused-ring (bicyclic) bond motifs is 1. The quantitative estimate of drug-likeness (QED) is 0.560. The van der Waals surface area contributed by atoms with E-state index in [0.29, 0.717) is 0 Å². The Bertz CT molecular complexity index is 519. The van der Waals surface area contributed by atoms with Crippen LogP contribution in [-0.4, -0.2) is 9.91 Å². The summed E-state index contributed by atoms with van der Waals surface area (Å²) in [4.78, 5) is 14.3. The molecule has 0 aliphatic rings. The highest BCUT2D eigenvalue weighted by molar-refractivity contribution is 7.19. The first-order valence-corrected chi connectivity index (χ1v) is 4.70. The summed E-state index contributed by atoms with van der Waals surface area (Å²) in [6, 6.07) is 4.63. The second-order valence-corrected chi connectivity index (χ2v) is 3.73. The molecule has 70 valence electrons. The minimum atomic E-state index is -0.410. The summed E-state index contributed by atoms with van der Waals surface area (Å²) in [6.07, 6.45) is 1.64. The van der Waals surface area contributed by atoms with Crippen molar-refractivity contribution in [3.63, 3.8) is 0 Å². The monoisotopic (exact) mass is 206 g/mol. The number of hydrogen-bond donors (Lipinski definition) is 0. The molecular formula is C9H6N2O2S. The predicted molar refractivity (Wildman–Crippen MR) is 56.4 cm³/mol. The molecule has 0 aliphatic heterocycles. The van der Waals surface area contributed by atoms with E-state index < -0.39 is 4.92 Å². The first-order valence-electron chi connectivity index (χ1n) is 3.88. The molecule has 0 fully saturated rings. The van der Waals surface area contributed by atoms with Crippen LogP contribution in [0.1, 0.15) is 5.01 Å². The van der Waals surface area contributed by atoms with Gasteiger partial charge in [-0.2, -0.15) is 0 Å². The maximum absolute atomic E-state index is 10.5. The van der Waals surface area contributed by atoms with Crippen LogP contribution in [-0.2, 0) is 0 Å². The van der Waals surface area contributed by atoms with Crippen molar-refractivity contribution in [1.29, 1.82) is 0 Å². The molecule has 4 nitrogen and oxygen atoms in total. The first kappa shape index (κ1) is 8.83. The van der Waals surface area contributed by atoms with Gasteiger partial charge >= 0.3 is 0 Å². The van der Waals surface area contributed by atoms with E-state index >= 15 is 0 Å². The van der Waals surface area contributed by atoms with E-state index in [1.807, 2.05) is 0 Å². The highest BCUT2D eigenvalue weighted by Gasteiger charge is 2.08. The molecule has 2 aromatic rings. The second-order valence-electron chi connectivity index (χ2n) is 2.67. The standard InChI is InChI=1S/C9H6N2O2S/c1-2-9-10-7-4-3-6(11(12)13)5-8(7)14-9/h2-5H,1H2. The van der Waals surface area contributed by atoms with Crippen molar-refractivity contribution in [3.05, 3.63) is 39.9 Å². The van der Waals surface area contributed by atoms with E-state index in [0.717, 1.165) is 15.2 Å². The van der Waals surface area contributed by atoms with Gasteiger partial charge in [-0.25, -0.2) is 4.98 Å². The molecule has 0 spiro atoms. The summed E-state index contributed by atoms with van der Waals surface area (Å²) in [5, 5.41) is 11.3. The van der Waals surface area contributed by atoms with Crippen LogP contribution >= 0.6 is 11.3 Å². The lowest BCUT2D eigenvalue weighted by molar-refractivity contribution is -0.384. The third kappa shape index (κ3) is 1.38. The molecule has 0 unspecified atom stereocenters. The minimum Gasteiger partial charge on any atom is -0.258 e. The molecule has 0 saturated carbocycles. The van der Waals surface area contributed by atoms with E-state index in [1.165, 1.54) is 23.5 Å². The summed E-state index contributed by atoms with van der Waals surface area (Å²) in [6.45, 7) is 3.60. The summed E-state index contributed by atoms with van der Waals surface area (Å²) in [5.74, 6) is 0. The minimum absolute atomic E-state index is 0.0942. The number of rotatable bonds is 2. The molecule has 2 rings (SSSR count). The Morgan fingerprint density at radius 1 is 1.57 bits per heavy atom. The van der Waals surface area contributed by atoms with Crippen LogP contribution in [0.5, 0.6) is 0 Å². The predicted octanol–water partition coefficient (Wildman–Crippen LogP) is 2.85. The molecule has 0 bridgehead atoms. The van der Waals surface area contributed by atoms with Crippen LogP contribution in [0.25, 0.3) is 16.3 Å². The van der Waals surface area contributed by atoms with Crippen molar-refractivity contribution < 1.29 is 4.92 Å². The Balaban J connectivity index is 2.65. The molecule has 0 amide bonds. The zero-order valence-electron chi connectivity index (χ0n) is 7.14. The van der Waals surface area contributed by atoms with Crippen LogP contribution in [0.15, 0.2) is 24.8 Å². The van der Waals surface area contributed by atoms with Crippen LogP contribution < -0.4 is 0 Å². The molecular weight excluding hydrogens is 200 g/mol. The van der Waals surface area contributed by atoms with Gasteiger partial charge in [0.15, 0.2) is 0 Å². The average molecular weight is 206 g/mol. The average Bonchev–Trinajstić information content (AvgIpc) is 2.58. The van der Waals surface area contributed by atoms with Crippen LogP contribution in [0, 0.1) is 10.1 Å². The molecule has 0 saturated heterocycles. The highest BCUT2D eigenvalue weighted by atomic mass is 32.1. The van der Waals surface area contributed by atoms with Crippen molar-refractivity contribution in [3.8, 4) is 0 Å². The fourth-order valence-corrected chi connectivity index (χ4v) is 1.98. The highest BCUT2D eigenvalue weighted by Crippen LogP contribution is 2.26. The topological polar surface area (TPSA) is 56.0 Å². The summed E-state index contributed by atoms with van der Waals surface area (Å²) >= 11 is 1.40. The number of aromatic nitrogens is 1. The number of thiazole rings is 1. The molecule has 0 aliphatic carbocycles. The molecule has 0 N–H and O–H groups in total. The van der Waals surface area contributed by atoms with Gasteiger partial charge in [-0.3, -0.25) is 10.1 Å². The van der Waals surface area contributed by atoms with Crippen molar-refractivity contribution in [2.75, 3.05) is 0 Å². The Morgan fingerprint density at radius 2 is 2.36 bits per heavy atom. The van der Waals surface area contributed by atoms with Crippen molar-refractivity contribution >= 4 is 33.3 Å². The molecule has 1 heterocycles. The van der Waals surface area contributed by atoms with Crippen molar-refractivity contribution in [1.82, 2.24) is 4.98 Å². The Labute approximate surface area is 83.7 Å². The van der Waals surface area contributed by atoms with E-state index in [-0.39, 0.29) is 5.69 Å². The van der Waals surface area contributed by atoms with Gasteiger partial charge in [-0.05, 0) is 12.1 Å². The molecule has 0 radical (unpaired) electrons. The zero-order chi connectivity index (χ0) is 10.1. The van der Waals surface area contributed by atoms with Crippen LogP contribution in [0.4, 0.5) is 5.69 Å². The molecule has 14 heavy (non-hydrogen) atoms. The first-order chi connectivity index (χ1) is 6.70. The third-order valence-electron chi connectivity index (χ3n) is 1.77. The number of non-ortho nitro benzene ring substituents is 1. The van der Waals surface area contributed by atoms with E-state index in [4.69, 9.17) is 0 Å². The van der Waals surface area contributed by atoms with E-state index in [1.54, 1.807) is 12.1 Å². The van der Waals surface area contributed by atoms with Gasteiger partial charge in [0.1, 0.15) is 5.01 Å². The fourth-order valence-electron chi connectivity index (χ4n) is 1.13. The number of benzene rings is 1. The van der Waals surface area contributed by atoms with E-state index in [2.05, 4.69) is 11.6 Å². The van der Waals surface area contributed by atoms with Gasteiger partial charge in [-0.15, -0.1) is 11.3 Å². The van der Waals surface area contributed by atoms with E-state index in [9.17, 15) is 10.1 Å². The maximum atomic E-state index is 10.5. The van der Waals surface area contributed by atoms with Crippen LogP contribution in [0.2, 0.25) is 0 Å². The molecule has 1 aromatic heterocycles. The largest absolute Gasteiger partial charge is 0.270 e. The summed E-state index contributed by atoms with van der Waals surface area (Å²) < 4.78 is 0.814. The molecule has 5 heteroatoms. The number of hydrogen-bond acceptors (Lipinski definition) is 4. The lowest BCUT2D eigenvalue weighted by atomic mass is 10.3. The maximum Gasteiger partial charge on any atom is 0.270 e. The van der Waals surface area contributed by atoms with Crippen LogP contribution in [0.3, 0.4) is 0 Å². The number of nitrogens with zero attached hydrogens (tertiary/aromatic N) is 2. The van der Waals surface area contributed by atoms with Gasteiger partial charge < -0.3 is 0 Å². The molecule has 1 aromatic carbocycles. The Hall–Kier alpha value is -1.75.